The van der Waals surface area contributed by atoms with Gasteiger partial charge in [-0.3, -0.25) is 4.79 Å². The maximum absolute atomic E-state index is 12.1. The molecule has 1 N–H and O–H groups in total. The Bertz CT molecular complexity index is 686. The average Bonchev–Trinajstić information content (AvgIpc) is 2.52. The predicted molar refractivity (Wildman–Crippen MR) is 97.5 cm³/mol. The van der Waals surface area contributed by atoms with E-state index in [4.69, 9.17) is 4.74 Å². The average molecular weight is 512 g/mol. The Kier molecular flexibility index (Phi) is 6.66. The largest absolute Gasteiger partial charge is 0.493 e. The van der Waals surface area contributed by atoms with E-state index in [1.807, 2.05) is 0 Å². The lowest BCUT2D eigenvalue weighted by Crippen LogP contribution is -2.15. The van der Waals surface area contributed by atoms with E-state index < -0.39 is 0 Å². The van der Waals surface area contributed by atoms with Crippen LogP contribution in [0.1, 0.15) is 0 Å². The molecule has 0 aliphatic rings. The molecule has 2 rings (SSSR count). The number of nitrogens with zero attached hydrogens (tertiary/aromatic N) is 2. The third kappa shape index (κ3) is 4.43. The SMILES string of the molecule is COc1c(NC(=O)CSc2ncccn2)cc(Br)c(Br)c1Br. The summed E-state index contributed by atoms with van der Waals surface area (Å²) in [6.07, 6.45) is 3.28. The zero-order valence-corrected chi connectivity index (χ0v) is 16.8. The molecule has 0 unspecified atom stereocenters. The van der Waals surface area contributed by atoms with E-state index in [-0.39, 0.29) is 11.7 Å². The first kappa shape index (κ1) is 17.7. The fraction of sp³-hybridized carbons (Fsp3) is 0.154. The van der Waals surface area contributed by atoms with Crippen LogP contribution in [0.25, 0.3) is 0 Å². The van der Waals surface area contributed by atoms with Crippen molar-refractivity contribution in [3.05, 3.63) is 37.9 Å². The van der Waals surface area contributed by atoms with Crippen LogP contribution in [0.5, 0.6) is 5.75 Å². The van der Waals surface area contributed by atoms with Gasteiger partial charge in [-0.2, -0.15) is 0 Å². The molecule has 0 fully saturated rings. The van der Waals surface area contributed by atoms with Gasteiger partial charge in [0.1, 0.15) is 0 Å². The fourth-order valence-corrected chi connectivity index (χ4v) is 3.73. The molecule has 0 radical (unpaired) electrons. The summed E-state index contributed by atoms with van der Waals surface area (Å²) < 4.78 is 7.67. The highest BCUT2D eigenvalue weighted by Crippen LogP contribution is 2.43. The molecule has 1 aromatic carbocycles. The highest BCUT2D eigenvalue weighted by molar-refractivity contribution is 9.14. The molecule has 0 aliphatic heterocycles. The van der Waals surface area contributed by atoms with Crippen molar-refractivity contribution in [2.24, 2.45) is 0 Å². The van der Waals surface area contributed by atoms with Gasteiger partial charge in [0, 0.05) is 21.3 Å². The van der Waals surface area contributed by atoms with Gasteiger partial charge in [-0.15, -0.1) is 0 Å². The first-order valence-corrected chi connectivity index (χ1v) is 9.30. The number of rotatable bonds is 5. The van der Waals surface area contributed by atoms with Gasteiger partial charge in [0.2, 0.25) is 5.91 Å². The number of methoxy groups -OCH3 is 1. The quantitative estimate of drug-likeness (QED) is 0.364. The molecule has 5 nitrogen and oxygen atoms in total. The first-order chi connectivity index (χ1) is 10.5. The number of nitrogens with one attached hydrogen (secondary N) is 1. The molecule has 1 amide bonds. The molecular formula is C13H10Br3N3O2S. The summed E-state index contributed by atoms with van der Waals surface area (Å²) in [5.74, 6) is 0.583. The molecule has 0 saturated heterocycles. The molecule has 0 atom stereocenters. The number of carbonyl (C=O) groups is 1. The van der Waals surface area contributed by atoms with Crippen molar-refractivity contribution < 1.29 is 9.53 Å². The highest BCUT2D eigenvalue weighted by Gasteiger charge is 2.16. The molecule has 0 bridgehead atoms. The predicted octanol–water partition coefficient (Wildman–Crippen LogP) is 4.50. The number of hydrogen-bond acceptors (Lipinski definition) is 5. The molecule has 0 spiro atoms. The van der Waals surface area contributed by atoms with Crippen molar-refractivity contribution in [1.29, 1.82) is 0 Å². The van der Waals surface area contributed by atoms with Crippen LogP contribution in [0, 0.1) is 0 Å². The van der Waals surface area contributed by atoms with E-state index in [2.05, 4.69) is 63.1 Å². The van der Waals surface area contributed by atoms with E-state index in [1.54, 1.807) is 31.6 Å². The lowest BCUT2D eigenvalue weighted by atomic mass is 10.3. The molecule has 9 heteroatoms. The van der Waals surface area contributed by atoms with Crippen LogP contribution >= 0.6 is 59.6 Å². The monoisotopic (exact) mass is 509 g/mol. The third-order valence-electron chi connectivity index (χ3n) is 2.47. The third-order valence-corrected chi connectivity index (χ3v) is 6.62. The van der Waals surface area contributed by atoms with Crippen LogP contribution in [0.4, 0.5) is 5.69 Å². The second-order valence-corrected chi connectivity index (χ2v) is 7.32. The Morgan fingerprint density at radius 1 is 1.27 bits per heavy atom. The zero-order valence-electron chi connectivity index (χ0n) is 11.3. The topological polar surface area (TPSA) is 64.1 Å². The van der Waals surface area contributed by atoms with Crippen LogP contribution in [-0.2, 0) is 4.79 Å². The standard InChI is InChI=1S/C13H10Br3N3O2S/c1-21-12-8(5-7(14)10(15)11(12)16)19-9(20)6-22-13-17-3-2-4-18-13/h2-5H,6H2,1H3,(H,19,20). The summed E-state index contributed by atoms with van der Waals surface area (Å²) >= 11 is 11.5. The fourth-order valence-electron chi connectivity index (χ4n) is 1.55. The Hall–Kier alpha value is -0.640. The summed E-state index contributed by atoms with van der Waals surface area (Å²) in [6, 6.07) is 3.50. The van der Waals surface area contributed by atoms with E-state index >= 15 is 0 Å². The molecule has 1 aromatic heterocycles. The van der Waals surface area contributed by atoms with Crippen molar-refractivity contribution in [3.63, 3.8) is 0 Å². The van der Waals surface area contributed by atoms with E-state index in [9.17, 15) is 4.79 Å². The van der Waals surface area contributed by atoms with Crippen LogP contribution in [-0.4, -0.2) is 28.7 Å². The number of amides is 1. The minimum absolute atomic E-state index is 0.170. The molecule has 2 aromatic rings. The van der Waals surface area contributed by atoms with E-state index in [0.29, 0.717) is 16.6 Å². The molecule has 22 heavy (non-hydrogen) atoms. The van der Waals surface area contributed by atoms with Crippen molar-refractivity contribution >= 4 is 71.1 Å². The number of anilines is 1. The molecule has 0 saturated carbocycles. The van der Waals surface area contributed by atoms with Crippen molar-refractivity contribution in [1.82, 2.24) is 9.97 Å². The van der Waals surface area contributed by atoms with Gasteiger partial charge in [0.15, 0.2) is 10.9 Å². The second kappa shape index (κ2) is 8.28. The molecule has 0 aliphatic carbocycles. The maximum Gasteiger partial charge on any atom is 0.234 e. The lowest BCUT2D eigenvalue weighted by Gasteiger charge is -2.14. The smallest absolute Gasteiger partial charge is 0.234 e. The first-order valence-electron chi connectivity index (χ1n) is 5.94. The Morgan fingerprint density at radius 3 is 2.59 bits per heavy atom. The minimum Gasteiger partial charge on any atom is -0.493 e. The summed E-state index contributed by atoms with van der Waals surface area (Å²) in [4.78, 5) is 20.2. The summed E-state index contributed by atoms with van der Waals surface area (Å²) in [5.41, 5.74) is 0.573. The lowest BCUT2D eigenvalue weighted by molar-refractivity contribution is -0.113. The number of hydrogen-bond donors (Lipinski definition) is 1. The van der Waals surface area contributed by atoms with Crippen LogP contribution in [0.2, 0.25) is 0 Å². The highest BCUT2D eigenvalue weighted by atomic mass is 79.9. The molecular weight excluding hydrogens is 502 g/mol. The van der Waals surface area contributed by atoms with Crippen molar-refractivity contribution in [3.8, 4) is 5.75 Å². The van der Waals surface area contributed by atoms with Gasteiger partial charge in [-0.05, 0) is 59.9 Å². The van der Waals surface area contributed by atoms with E-state index in [1.165, 1.54) is 11.8 Å². The number of aromatic nitrogens is 2. The minimum atomic E-state index is -0.170. The molecule has 1 heterocycles. The number of halogens is 3. The number of thioether (sulfide) groups is 1. The van der Waals surface area contributed by atoms with Gasteiger partial charge in [-0.1, -0.05) is 11.8 Å². The van der Waals surface area contributed by atoms with Gasteiger partial charge in [0.25, 0.3) is 0 Å². The Balaban J connectivity index is 2.08. The van der Waals surface area contributed by atoms with Gasteiger partial charge >= 0.3 is 0 Å². The Morgan fingerprint density at radius 2 is 1.95 bits per heavy atom. The number of ether oxygens (including phenoxy) is 1. The summed E-state index contributed by atoms with van der Waals surface area (Å²) in [5, 5.41) is 3.38. The maximum atomic E-state index is 12.1. The van der Waals surface area contributed by atoms with Crippen molar-refractivity contribution in [2.75, 3.05) is 18.2 Å². The molecule has 116 valence electrons. The number of benzene rings is 1. The summed E-state index contributed by atoms with van der Waals surface area (Å²) in [7, 11) is 1.54. The van der Waals surface area contributed by atoms with E-state index in [0.717, 1.165) is 13.4 Å². The van der Waals surface area contributed by atoms with Crippen LogP contribution < -0.4 is 10.1 Å². The summed E-state index contributed by atoms with van der Waals surface area (Å²) in [6.45, 7) is 0. The Labute approximate surface area is 157 Å². The second-order valence-electron chi connectivity index (χ2n) is 3.94. The van der Waals surface area contributed by atoms with Gasteiger partial charge in [0.05, 0.1) is 23.0 Å². The van der Waals surface area contributed by atoms with Gasteiger partial charge in [-0.25, -0.2) is 9.97 Å². The number of carbonyl (C=O) groups excluding carboxylic acids is 1. The van der Waals surface area contributed by atoms with Gasteiger partial charge < -0.3 is 10.1 Å². The van der Waals surface area contributed by atoms with Crippen molar-refractivity contribution in [2.45, 2.75) is 5.16 Å². The van der Waals surface area contributed by atoms with Crippen LogP contribution in [0.15, 0.2) is 43.1 Å². The zero-order chi connectivity index (χ0) is 16.1. The normalized spacial score (nSPS) is 10.4. The van der Waals surface area contributed by atoms with Crippen LogP contribution in [0.3, 0.4) is 0 Å².